The molecule has 0 bridgehead atoms. The predicted octanol–water partition coefficient (Wildman–Crippen LogP) is -0.783. The van der Waals surface area contributed by atoms with Crippen LogP contribution in [0.25, 0.3) is 0 Å². The summed E-state index contributed by atoms with van der Waals surface area (Å²) in [6.45, 7) is 1.27. The first kappa shape index (κ1) is 11.2. The maximum Gasteiger partial charge on any atom is 0.328 e. The van der Waals surface area contributed by atoms with Gasteiger partial charge < -0.3 is 15.5 Å². The summed E-state index contributed by atoms with van der Waals surface area (Å²) in [4.78, 5) is 30.9. The van der Waals surface area contributed by atoms with Crippen LogP contribution < -0.4 is 5.32 Å². The highest BCUT2D eigenvalue weighted by Crippen LogP contribution is 1.82. The van der Waals surface area contributed by atoms with Crippen molar-refractivity contribution >= 4 is 17.8 Å². The van der Waals surface area contributed by atoms with Crippen LogP contribution in [0.3, 0.4) is 0 Å². The topological polar surface area (TPSA) is 104 Å². The molecule has 6 nitrogen and oxygen atoms in total. The Balaban J connectivity index is 4.02. The van der Waals surface area contributed by atoms with E-state index in [1.807, 2.05) is 5.32 Å². The van der Waals surface area contributed by atoms with Crippen molar-refractivity contribution in [2.24, 2.45) is 0 Å². The Morgan fingerprint density at radius 3 is 2.15 bits per heavy atom. The summed E-state index contributed by atoms with van der Waals surface area (Å²) in [6, 6.07) is -1.04. The van der Waals surface area contributed by atoms with Crippen LogP contribution in [0.1, 0.15) is 6.92 Å². The molecule has 0 aromatic rings. The number of aliphatic carboxylic acids is 2. The van der Waals surface area contributed by atoms with Gasteiger partial charge in [-0.05, 0) is 6.92 Å². The van der Waals surface area contributed by atoms with Crippen molar-refractivity contribution in [2.75, 3.05) is 0 Å². The molecular weight excluding hydrogens is 178 g/mol. The average molecular weight is 187 g/mol. The van der Waals surface area contributed by atoms with E-state index in [2.05, 4.69) is 0 Å². The molecule has 0 aliphatic heterocycles. The molecule has 0 aliphatic rings. The molecular formula is C7H9NO5. The van der Waals surface area contributed by atoms with E-state index in [0.29, 0.717) is 6.08 Å². The lowest BCUT2D eigenvalue weighted by atomic mass is 10.3. The standard InChI is InChI=1S/C7H9NO5/c1-4(7(12)13)8-5(9)2-3-6(10)11/h2-4H,1H3,(H,8,9)(H,10,11)(H,12,13)/b3-2+/t4-/m1/s1. The van der Waals surface area contributed by atoms with E-state index in [-0.39, 0.29) is 0 Å². The average Bonchev–Trinajstić information content (AvgIpc) is 2.00. The maximum absolute atomic E-state index is 10.7. The first-order valence-electron chi connectivity index (χ1n) is 3.37. The molecule has 1 amide bonds. The summed E-state index contributed by atoms with van der Waals surface area (Å²) >= 11 is 0. The highest BCUT2D eigenvalue weighted by Gasteiger charge is 2.11. The molecule has 0 spiro atoms. The number of hydrogen-bond donors (Lipinski definition) is 3. The van der Waals surface area contributed by atoms with Crippen molar-refractivity contribution in [1.29, 1.82) is 0 Å². The van der Waals surface area contributed by atoms with Crippen LogP contribution in [-0.2, 0) is 14.4 Å². The largest absolute Gasteiger partial charge is 0.480 e. The van der Waals surface area contributed by atoms with E-state index < -0.39 is 23.9 Å². The number of carboxylic acid groups (broad SMARTS) is 2. The van der Waals surface area contributed by atoms with Gasteiger partial charge in [0.05, 0.1) is 0 Å². The van der Waals surface area contributed by atoms with Gasteiger partial charge in [0.15, 0.2) is 0 Å². The minimum atomic E-state index is -1.27. The minimum Gasteiger partial charge on any atom is -0.480 e. The van der Waals surface area contributed by atoms with E-state index >= 15 is 0 Å². The molecule has 0 aliphatic carbocycles. The van der Waals surface area contributed by atoms with E-state index in [4.69, 9.17) is 10.2 Å². The van der Waals surface area contributed by atoms with E-state index in [9.17, 15) is 14.4 Å². The fourth-order valence-electron chi connectivity index (χ4n) is 0.470. The van der Waals surface area contributed by atoms with Gasteiger partial charge in [0.1, 0.15) is 6.04 Å². The second-order valence-corrected chi connectivity index (χ2v) is 2.24. The van der Waals surface area contributed by atoms with E-state index in [0.717, 1.165) is 6.08 Å². The number of carbonyl (C=O) groups is 3. The monoisotopic (exact) mass is 187 g/mol. The molecule has 0 fully saturated rings. The van der Waals surface area contributed by atoms with Crippen LogP contribution in [0.4, 0.5) is 0 Å². The Hall–Kier alpha value is -1.85. The summed E-state index contributed by atoms with van der Waals surface area (Å²) in [5.41, 5.74) is 0. The van der Waals surface area contributed by atoms with Crippen LogP contribution in [0, 0.1) is 0 Å². The normalized spacial score (nSPS) is 12.4. The van der Waals surface area contributed by atoms with E-state index in [1.165, 1.54) is 6.92 Å². The maximum atomic E-state index is 10.7. The molecule has 0 aromatic heterocycles. The Morgan fingerprint density at radius 1 is 1.23 bits per heavy atom. The van der Waals surface area contributed by atoms with Gasteiger partial charge in [0.2, 0.25) is 5.91 Å². The van der Waals surface area contributed by atoms with Crippen molar-refractivity contribution in [3.8, 4) is 0 Å². The highest BCUT2D eigenvalue weighted by atomic mass is 16.4. The molecule has 3 N–H and O–H groups in total. The van der Waals surface area contributed by atoms with Gasteiger partial charge in [0.25, 0.3) is 0 Å². The van der Waals surface area contributed by atoms with Crippen molar-refractivity contribution in [2.45, 2.75) is 13.0 Å². The molecule has 0 radical (unpaired) electrons. The zero-order valence-corrected chi connectivity index (χ0v) is 6.85. The number of carbonyl (C=O) groups excluding carboxylic acids is 1. The molecule has 0 heterocycles. The third kappa shape index (κ3) is 5.42. The third-order valence-electron chi connectivity index (χ3n) is 1.11. The Bertz CT molecular complexity index is 258. The first-order chi connectivity index (χ1) is 5.93. The third-order valence-corrected chi connectivity index (χ3v) is 1.11. The molecule has 0 rings (SSSR count). The van der Waals surface area contributed by atoms with Crippen molar-refractivity contribution in [3.05, 3.63) is 12.2 Å². The molecule has 13 heavy (non-hydrogen) atoms. The number of carboxylic acids is 2. The van der Waals surface area contributed by atoms with Crippen molar-refractivity contribution in [3.63, 3.8) is 0 Å². The van der Waals surface area contributed by atoms with Crippen LogP contribution >= 0.6 is 0 Å². The molecule has 6 heteroatoms. The SMILES string of the molecule is C[C@@H](NC(=O)/C=C/C(=O)O)C(=O)O. The number of hydrogen-bond acceptors (Lipinski definition) is 3. The van der Waals surface area contributed by atoms with Crippen LogP contribution in [0.2, 0.25) is 0 Å². The van der Waals surface area contributed by atoms with E-state index in [1.54, 1.807) is 0 Å². The molecule has 0 aromatic carbocycles. The summed E-state index contributed by atoms with van der Waals surface area (Å²) in [7, 11) is 0. The first-order valence-corrected chi connectivity index (χ1v) is 3.37. The fourth-order valence-corrected chi connectivity index (χ4v) is 0.470. The quantitative estimate of drug-likeness (QED) is 0.500. The van der Waals surface area contributed by atoms with Crippen molar-refractivity contribution in [1.82, 2.24) is 5.32 Å². The smallest absolute Gasteiger partial charge is 0.328 e. The van der Waals surface area contributed by atoms with Gasteiger partial charge >= 0.3 is 11.9 Å². The van der Waals surface area contributed by atoms with Gasteiger partial charge in [0, 0.05) is 12.2 Å². The highest BCUT2D eigenvalue weighted by molar-refractivity contribution is 5.95. The second kappa shape index (κ2) is 4.91. The van der Waals surface area contributed by atoms with Gasteiger partial charge in [-0.1, -0.05) is 0 Å². The Morgan fingerprint density at radius 2 is 1.77 bits per heavy atom. The van der Waals surface area contributed by atoms with Crippen LogP contribution in [-0.4, -0.2) is 34.1 Å². The fraction of sp³-hybridized carbons (Fsp3) is 0.286. The molecule has 0 saturated carbocycles. The molecule has 0 saturated heterocycles. The second-order valence-electron chi connectivity index (χ2n) is 2.24. The predicted molar refractivity (Wildman–Crippen MR) is 42.0 cm³/mol. The van der Waals surface area contributed by atoms with Gasteiger partial charge in [-0.25, -0.2) is 4.79 Å². The van der Waals surface area contributed by atoms with Crippen LogP contribution in [0.15, 0.2) is 12.2 Å². The van der Waals surface area contributed by atoms with Crippen molar-refractivity contribution < 1.29 is 24.6 Å². The summed E-state index contributed by atoms with van der Waals surface area (Å²) in [5.74, 6) is -3.20. The molecule has 1 atom stereocenters. The lowest BCUT2D eigenvalue weighted by Gasteiger charge is -2.05. The summed E-state index contributed by atoms with van der Waals surface area (Å²) in [6.07, 6.45) is 1.38. The lowest BCUT2D eigenvalue weighted by molar-refractivity contribution is -0.140. The van der Waals surface area contributed by atoms with Gasteiger partial charge in [-0.15, -0.1) is 0 Å². The summed E-state index contributed by atoms with van der Waals surface area (Å²) in [5, 5.41) is 18.5. The Kier molecular flexibility index (Phi) is 4.21. The zero-order valence-electron chi connectivity index (χ0n) is 6.85. The van der Waals surface area contributed by atoms with Gasteiger partial charge in [-0.2, -0.15) is 0 Å². The summed E-state index contributed by atoms with van der Waals surface area (Å²) < 4.78 is 0. The number of amides is 1. The number of nitrogens with one attached hydrogen (secondary N) is 1. The lowest BCUT2D eigenvalue weighted by Crippen LogP contribution is -2.37. The zero-order chi connectivity index (χ0) is 10.4. The number of rotatable bonds is 4. The Labute approximate surface area is 73.9 Å². The van der Waals surface area contributed by atoms with Gasteiger partial charge in [-0.3, -0.25) is 9.59 Å². The molecule has 72 valence electrons. The van der Waals surface area contributed by atoms with Crippen LogP contribution in [0.5, 0.6) is 0 Å². The molecule has 0 unspecified atom stereocenters. The minimum absolute atomic E-state index is 0.629.